The van der Waals surface area contributed by atoms with Gasteiger partial charge in [-0.25, -0.2) is 14.8 Å². The number of anilines is 1. The van der Waals surface area contributed by atoms with Crippen molar-refractivity contribution in [3.05, 3.63) is 95.9 Å². The van der Waals surface area contributed by atoms with Gasteiger partial charge in [0.1, 0.15) is 5.82 Å². The third-order valence-electron chi connectivity index (χ3n) is 5.42. The molecular weight excluding hydrogens is 389 g/mol. The van der Waals surface area contributed by atoms with Crippen molar-refractivity contribution in [2.45, 2.75) is 20.0 Å². The van der Waals surface area contributed by atoms with Gasteiger partial charge in [-0.15, -0.1) is 0 Å². The Bertz CT molecular complexity index is 1380. The fourth-order valence-corrected chi connectivity index (χ4v) is 3.94. The lowest BCUT2D eigenvalue weighted by atomic mass is 10.2. The Morgan fingerprint density at radius 2 is 1.71 bits per heavy atom. The minimum atomic E-state index is -0.224. The molecule has 31 heavy (non-hydrogen) atoms. The maximum Gasteiger partial charge on any atom is 0.224 e. The monoisotopic (exact) mass is 411 g/mol. The van der Waals surface area contributed by atoms with Crippen molar-refractivity contribution in [1.29, 1.82) is 0 Å². The average molecular weight is 411 g/mol. The summed E-state index contributed by atoms with van der Waals surface area (Å²) in [5, 5.41) is 5.59. The maximum atomic E-state index is 13.2. The van der Waals surface area contributed by atoms with Gasteiger partial charge in [0.25, 0.3) is 0 Å². The Kier molecular flexibility index (Phi) is 4.96. The van der Waals surface area contributed by atoms with Crippen LogP contribution in [0.3, 0.4) is 0 Å². The molecule has 0 fully saturated rings. The Morgan fingerprint density at radius 3 is 2.52 bits per heavy atom. The Balaban J connectivity index is 1.44. The van der Waals surface area contributed by atoms with Crippen LogP contribution in [0.25, 0.3) is 21.9 Å². The van der Waals surface area contributed by atoms with Gasteiger partial charge in [0.2, 0.25) is 5.95 Å². The summed E-state index contributed by atoms with van der Waals surface area (Å²) >= 11 is 0. The van der Waals surface area contributed by atoms with Gasteiger partial charge in [0.15, 0.2) is 0 Å². The lowest BCUT2D eigenvalue weighted by molar-refractivity contribution is 0.626. The number of benzene rings is 3. The zero-order chi connectivity index (χ0) is 21.2. The van der Waals surface area contributed by atoms with Gasteiger partial charge in [-0.05, 0) is 42.8 Å². The molecule has 0 bridgehead atoms. The van der Waals surface area contributed by atoms with Gasteiger partial charge in [-0.2, -0.15) is 5.10 Å². The number of para-hydroxylation sites is 3. The van der Waals surface area contributed by atoms with Crippen LogP contribution in [0.15, 0.2) is 84.1 Å². The van der Waals surface area contributed by atoms with E-state index >= 15 is 0 Å². The second-order valence-corrected chi connectivity index (χ2v) is 7.39. The number of aryl methyl sites for hydroxylation is 1. The summed E-state index contributed by atoms with van der Waals surface area (Å²) in [6.45, 7) is 3.55. The van der Waals surface area contributed by atoms with Gasteiger partial charge in [-0.3, -0.25) is 0 Å². The highest BCUT2D eigenvalue weighted by atomic mass is 19.1. The second kappa shape index (κ2) is 8.07. The second-order valence-electron chi connectivity index (χ2n) is 7.39. The molecule has 6 heteroatoms. The number of nitrogens with one attached hydrogen (secondary N) is 1. The number of hydrogen-bond acceptors (Lipinski definition) is 3. The van der Waals surface area contributed by atoms with Crippen LogP contribution in [0, 0.1) is 5.82 Å². The van der Waals surface area contributed by atoms with E-state index in [0.717, 1.165) is 45.6 Å². The summed E-state index contributed by atoms with van der Waals surface area (Å²) in [5.41, 5.74) is 8.28. The average Bonchev–Trinajstić information content (AvgIpc) is 3.33. The van der Waals surface area contributed by atoms with E-state index in [2.05, 4.69) is 56.0 Å². The van der Waals surface area contributed by atoms with E-state index in [1.807, 2.05) is 48.7 Å². The van der Waals surface area contributed by atoms with Gasteiger partial charge >= 0.3 is 0 Å². The molecule has 0 unspecified atom stereocenters. The van der Waals surface area contributed by atoms with Crippen molar-refractivity contribution >= 4 is 34.1 Å². The highest BCUT2D eigenvalue weighted by molar-refractivity contribution is 5.99. The third-order valence-corrected chi connectivity index (χ3v) is 5.42. The van der Waals surface area contributed by atoms with Crippen molar-refractivity contribution < 1.29 is 4.39 Å². The zero-order valence-corrected chi connectivity index (χ0v) is 17.2. The van der Waals surface area contributed by atoms with E-state index in [-0.39, 0.29) is 5.82 Å². The molecule has 2 heterocycles. The molecule has 0 saturated carbocycles. The molecule has 0 radical (unpaired) electrons. The van der Waals surface area contributed by atoms with Crippen LogP contribution in [0.4, 0.5) is 10.3 Å². The fraction of sp³-hybridized carbons (Fsp3) is 0.120. The van der Waals surface area contributed by atoms with Gasteiger partial charge < -0.3 is 9.13 Å². The number of rotatable bonds is 6. The van der Waals surface area contributed by atoms with Crippen LogP contribution in [0.2, 0.25) is 0 Å². The summed E-state index contributed by atoms with van der Waals surface area (Å²) in [4.78, 5) is 4.65. The predicted octanol–water partition coefficient (Wildman–Crippen LogP) is 5.64. The molecule has 0 spiro atoms. The van der Waals surface area contributed by atoms with Crippen molar-refractivity contribution in [3.63, 3.8) is 0 Å². The molecule has 2 aromatic heterocycles. The van der Waals surface area contributed by atoms with Crippen LogP contribution in [-0.4, -0.2) is 20.3 Å². The molecule has 0 amide bonds. The number of nitrogens with zero attached hydrogens (tertiary/aromatic N) is 4. The molecule has 1 N–H and O–H groups in total. The predicted molar refractivity (Wildman–Crippen MR) is 124 cm³/mol. The lowest BCUT2D eigenvalue weighted by Gasteiger charge is -2.05. The summed E-state index contributed by atoms with van der Waals surface area (Å²) in [6, 6.07) is 22.9. The largest absolute Gasteiger partial charge is 0.342 e. The number of aromatic nitrogens is 3. The van der Waals surface area contributed by atoms with Gasteiger partial charge in [0.05, 0.1) is 17.2 Å². The molecular formula is C25H22FN5. The van der Waals surface area contributed by atoms with Crippen molar-refractivity contribution in [1.82, 2.24) is 14.1 Å². The minimum Gasteiger partial charge on any atom is -0.342 e. The summed E-state index contributed by atoms with van der Waals surface area (Å²) in [6.07, 6.45) is 3.89. The molecule has 0 aliphatic heterocycles. The summed E-state index contributed by atoms with van der Waals surface area (Å²) < 4.78 is 17.5. The Morgan fingerprint density at radius 1 is 0.968 bits per heavy atom. The van der Waals surface area contributed by atoms with E-state index in [9.17, 15) is 4.39 Å². The first kappa shape index (κ1) is 19.1. The lowest BCUT2D eigenvalue weighted by Crippen LogP contribution is -2.01. The van der Waals surface area contributed by atoms with Gasteiger partial charge in [-0.1, -0.05) is 42.5 Å². The van der Waals surface area contributed by atoms with Crippen LogP contribution in [0.5, 0.6) is 0 Å². The fourth-order valence-electron chi connectivity index (χ4n) is 3.94. The highest BCUT2D eigenvalue weighted by Crippen LogP contribution is 2.22. The summed E-state index contributed by atoms with van der Waals surface area (Å²) in [7, 11) is 0. The first-order chi connectivity index (χ1) is 15.2. The third kappa shape index (κ3) is 3.68. The molecule has 0 atom stereocenters. The normalized spacial score (nSPS) is 11.7. The first-order valence-electron chi connectivity index (χ1n) is 10.3. The number of halogens is 1. The number of hydrogen-bond donors (Lipinski definition) is 1. The molecule has 5 rings (SSSR count). The van der Waals surface area contributed by atoms with E-state index in [1.165, 1.54) is 12.1 Å². The maximum absolute atomic E-state index is 13.2. The van der Waals surface area contributed by atoms with Crippen molar-refractivity contribution in [3.8, 4) is 0 Å². The topological polar surface area (TPSA) is 47.1 Å². The highest BCUT2D eigenvalue weighted by Gasteiger charge is 2.09. The van der Waals surface area contributed by atoms with E-state index < -0.39 is 0 Å². The van der Waals surface area contributed by atoms with E-state index in [1.54, 1.807) is 0 Å². The Hall–Kier alpha value is -3.93. The van der Waals surface area contributed by atoms with Crippen LogP contribution in [0.1, 0.15) is 18.1 Å². The smallest absolute Gasteiger partial charge is 0.224 e. The molecule has 0 saturated heterocycles. The quantitative estimate of drug-likeness (QED) is 0.290. The molecule has 0 aliphatic rings. The van der Waals surface area contributed by atoms with E-state index in [0.29, 0.717) is 6.54 Å². The van der Waals surface area contributed by atoms with Crippen LogP contribution in [-0.2, 0) is 13.1 Å². The minimum absolute atomic E-state index is 0.224. The molecule has 5 aromatic rings. The van der Waals surface area contributed by atoms with Gasteiger partial charge in [0, 0.05) is 35.8 Å². The first-order valence-corrected chi connectivity index (χ1v) is 10.3. The Labute approximate surface area is 179 Å². The zero-order valence-electron chi connectivity index (χ0n) is 17.2. The molecule has 0 aliphatic carbocycles. The van der Waals surface area contributed by atoms with Crippen molar-refractivity contribution in [2.75, 3.05) is 5.43 Å². The van der Waals surface area contributed by atoms with Crippen LogP contribution < -0.4 is 5.43 Å². The number of hydrazone groups is 1. The molecule has 3 aromatic carbocycles. The SMILES string of the molecule is CCn1c(N/N=C\c2cn(Cc3ccc(F)cc3)c3ccccc23)nc2ccccc21. The molecule has 154 valence electrons. The van der Waals surface area contributed by atoms with Crippen molar-refractivity contribution in [2.24, 2.45) is 5.10 Å². The number of imidazole rings is 1. The summed E-state index contributed by atoms with van der Waals surface area (Å²) in [5.74, 6) is 0.494. The standard InChI is InChI=1S/C25H22FN5/c1-2-31-24-10-6-4-8-22(24)28-25(31)29-27-15-19-17-30(23-9-5-3-7-21(19)23)16-18-11-13-20(26)14-12-18/h3-15,17H,2,16H2,1H3,(H,28,29)/b27-15-. The van der Waals surface area contributed by atoms with Crippen LogP contribution >= 0.6 is 0 Å². The van der Waals surface area contributed by atoms with E-state index in [4.69, 9.17) is 0 Å². The number of fused-ring (bicyclic) bond motifs is 2. The molecule has 5 nitrogen and oxygen atoms in total.